The third-order valence-corrected chi connectivity index (χ3v) is 2.90. The average molecular weight is 312 g/mol. The number of benzene rings is 1. The van der Waals surface area contributed by atoms with Crippen LogP contribution in [0.15, 0.2) is 28.9 Å². The van der Waals surface area contributed by atoms with E-state index in [-0.39, 0.29) is 5.82 Å². The molecule has 4 nitrogen and oxygen atoms in total. The van der Waals surface area contributed by atoms with Crippen molar-refractivity contribution in [3.05, 3.63) is 40.2 Å². The van der Waals surface area contributed by atoms with Crippen molar-refractivity contribution in [2.45, 2.75) is 6.92 Å². The lowest BCUT2D eigenvalue weighted by molar-refractivity contribution is 0.451. The molecule has 0 aliphatic rings. The molecule has 0 fully saturated rings. The van der Waals surface area contributed by atoms with Crippen molar-refractivity contribution in [3.63, 3.8) is 0 Å². The lowest BCUT2D eigenvalue weighted by atomic mass is 10.3. The molecule has 2 rings (SSSR count). The summed E-state index contributed by atoms with van der Waals surface area (Å²) in [5, 5.41) is 2.82. The van der Waals surface area contributed by atoms with E-state index in [9.17, 15) is 4.39 Å². The van der Waals surface area contributed by atoms with Gasteiger partial charge in [0.05, 0.1) is 4.47 Å². The fourth-order valence-corrected chi connectivity index (χ4v) is 1.64. The van der Waals surface area contributed by atoms with Crippen molar-refractivity contribution in [2.75, 3.05) is 12.4 Å². The van der Waals surface area contributed by atoms with Gasteiger partial charge in [0.2, 0.25) is 11.8 Å². The van der Waals surface area contributed by atoms with Crippen LogP contribution in [0.25, 0.3) is 0 Å². The Kier molecular flexibility index (Phi) is 3.76. The van der Waals surface area contributed by atoms with Crippen molar-refractivity contribution in [1.82, 2.24) is 9.97 Å². The molecule has 0 amide bonds. The molecule has 18 heavy (non-hydrogen) atoms. The molecule has 0 bridgehead atoms. The van der Waals surface area contributed by atoms with E-state index in [4.69, 9.17) is 4.74 Å². The Bertz CT molecular complexity index is 577. The largest absolute Gasteiger partial charge is 0.437 e. The fraction of sp³-hybridized carbons (Fsp3) is 0.167. The minimum atomic E-state index is -0.367. The molecular formula is C12H11BrFN3O. The molecule has 2 aromatic rings. The van der Waals surface area contributed by atoms with Crippen molar-refractivity contribution in [3.8, 4) is 11.6 Å². The highest BCUT2D eigenvalue weighted by Crippen LogP contribution is 2.30. The number of ether oxygens (including phenoxy) is 1. The van der Waals surface area contributed by atoms with Gasteiger partial charge in [-0.3, -0.25) is 0 Å². The average Bonchev–Trinajstić information content (AvgIpc) is 2.36. The van der Waals surface area contributed by atoms with Gasteiger partial charge in [0, 0.05) is 24.9 Å². The molecule has 94 valence electrons. The van der Waals surface area contributed by atoms with Crippen LogP contribution in [0.2, 0.25) is 0 Å². The molecule has 1 aromatic carbocycles. The van der Waals surface area contributed by atoms with Gasteiger partial charge in [-0.2, -0.15) is 4.98 Å². The van der Waals surface area contributed by atoms with Gasteiger partial charge < -0.3 is 10.1 Å². The maximum Gasteiger partial charge on any atom is 0.227 e. The molecule has 0 aliphatic heterocycles. The maximum absolute atomic E-state index is 13.1. The van der Waals surface area contributed by atoms with Gasteiger partial charge in [0.1, 0.15) is 11.6 Å². The molecule has 0 aliphatic carbocycles. The van der Waals surface area contributed by atoms with Crippen LogP contribution in [0, 0.1) is 12.7 Å². The SMILES string of the molecule is CNc1ncc(C)c(Oc2cc(F)ccc2Br)n1. The quantitative estimate of drug-likeness (QED) is 0.942. The first-order valence-electron chi connectivity index (χ1n) is 5.24. The Labute approximate surface area is 112 Å². The van der Waals surface area contributed by atoms with E-state index in [0.717, 1.165) is 5.56 Å². The van der Waals surface area contributed by atoms with Crippen molar-refractivity contribution in [2.24, 2.45) is 0 Å². The number of hydrogen-bond donors (Lipinski definition) is 1. The summed E-state index contributed by atoms with van der Waals surface area (Å²) < 4.78 is 19.4. The second-order valence-corrected chi connectivity index (χ2v) is 4.46. The van der Waals surface area contributed by atoms with Crippen LogP contribution in [0.4, 0.5) is 10.3 Å². The highest BCUT2D eigenvalue weighted by molar-refractivity contribution is 9.10. The Balaban J connectivity index is 2.36. The van der Waals surface area contributed by atoms with Crippen molar-refractivity contribution in [1.29, 1.82) is 0 Å². The lowest BCUT2D eigenvalue weighted by Crippen LogP contribution is -2.00. The van der Waals surface area contributed by atoms with Gasteiger partial charge in [-0.15, -0.1) is 0 Å². The summed E-state index contributed by atoms with van der Waals surface area (Å²) in [6.07, 6.45) is 1.64. The molecule has 0 radical (unpaired) electrons. The zero-order valence-electron chi connectivity index (χ0n) is 9.87. The molecule has 0 saturated carbocycles. The summed E-state index contributed by atoms with van der Waals surface area (Å²) in [5.74, 6) is 0.844. The number of hydrogen-bond acceptors (Lipinski definition) is 4. The molecule has 1 heterocycles. The zero-order chi connectivity index (χ0) is 13.1. The summed E-state index contributed by atoms with van der Waals surface area (Å²) in [4.78, 5) is 8.22. The Morgan fingerprint density at radius 2 is 2.17 bits per heavy atom. The minimum Gasteiger partial charge on any atom is -0.437 e. The number of nitrogens with zero attached hydrogens (tertiary/aromatic N) is 2. The molecule has 0 saturated heterocycles. The Hall–Kier alpha value is -1.69. The summed E-state index contributed by atoms with van der Waals surface area (Å²) in [6, 6.07) is 4.23. The van der Waals surface area contributed by atoms with Gasteiger partial charge in [-0.05, 0) is 35.0 Å². The molecule has 1 aromatic heterocycles. The predicted octanol–water partition coefficient (Wildman–Crippen LogP) is 3.52. The Morgan fingerprint density at radius 1 is 1.39 bits per heavy atom. The molecule has 1 N–H and O–H groups in total. The van der Waals surface area contributed by atoms with Crippen molar-refractivity contribution < 1.29 is 9.13 Å². The molecule has 0 unspecified atom stereocenters. The van der Waals surface area contributed by atoms with Gasteiger partial charge >= 0.3 is 0 Å². The van der Waals surface area contributed by atoms with Gasteiger partial charge in [-0.1, -0.05) is 0 Å². The third-order valence-electron chi connectivity index (χ3n) is 2.25. The van der Waals surface area contributed by atoms with Crippen LogP contribution in [0.1, 0.15) is 5.56 Å². The molecule has 6 heteroatoms. The highest BCUT2D eigenvalue weighted by atomic mass is 79.9. The predicted molar refractivity (Wildman–Crippen MR) is 70.5 cm³/mol. The van der Waals surface area contributed by atoms with Crippen LogP contribution < -0.4 is 10.1 Å². The first kappa shape index (κ1) is 12.8. The molecular weight excluding hydrogens is 301 g/mol. The van der Waals surface area contributed by atoms with Crippen LogP contribution in [-0.2, 0) is 0 Å². The number of anilines is 1. The van der Waals surface area contributed by atoms with E-state index in [0.29, 0.717) is 22.1 Å². The standard InChI is InChI=1S/C12H11BrFN3O/c1-7-6-16-12(15-2)17-11(7)18-10-5-8(14)3-4-9(10)13/h3-6H,1-2H3,(H,15,16,17). The van der Waals surface area contributed by atoms with Gasteiger partial charge in [-0.25, -0.2) is 9.37 Å². The number of aromatic nitrogens is 2. The van der Waals surface area contributed by atoms with E-state index in [1.165, 1.54) is 12.1 Å². The first-order chi connectivity index (χ1) is 8.60. The first-order valence-corrected chi connectivity index (χ1v) is 6.03. The number of nitrogens with one attached hydrogen (secondary N) is 1. The number of halogens is 2. The second-order valence-electron chi connectivity index (χ2n) is 3.61. The van der Waals surface area contributed by atoms with Crippen molar-refractivity contribution >= 4 is 21.9 Å². The summed E-state index contributed by atoms with van der Waals surface area (Å²) in [7, 11) is 1.71. The van der Waals surface area contributed by atoms with Crippen LogP contribution >= 0.6 is 15.9 Å². The van der Waals surface area contributed by atoms with Crippen LogP contribution in [-0.4, -0.2) is 17.0 Å². The smallest absolute Gasteiger partial charge is 0.227 e. The maximum atomic E-state index is 13.1. The molecule has 0 atom stereocenters. The number of rotatable bonds is 3. The normalized spacial score (nSPS) is 10.2. The van der Waals surface area contributed by atoms with Gasteiger partial charge in [0.25, 0.3) is 0 Å². The monoisotopic (exact) mass is 311 g/mol. The highest BCUT2D eigenvalue weighted by Gasteiger charge is 2.09. The summed E-state index contributed by atoms with van der Waals surface area (Å²) >= 11 is 3.30. The van der Waals surface area contributed by atoms with E-state index < -0.39 is 0 Å². The summed E-state index contributed by atoms with van der Waals surface area (Å²) in [5.41, 5.74) is 0.769. The van der Waals surface area contributed by atoms with E-state index in [1.807, 2.05) is 6.92 Å². The fourth-order valence-electron chi connectivity index (χ4n) is 1.31. The zero-order valence-corrected chi connectivity index (χ0v) is 11.5. The summed E-state index contributed by atoms with van der Waals surface area (Å²) in [6.45, 7) is 1.82. The van der Waals surface area contributed by atoms with Crippen LogP contribution in [0.5, 0.6) is 11.6 Å². The molecule has 0 spiro atoms. The van der Waals surface area contributed by atoms with E-state index in [1.54, 1.807) is 19.3 Å². The lowest BCUT2D eigenvalue weighted by Gasteiger charge is -2.10. The van der Waals surface area contributed by atoms with Gasteiger partial charge in [0.15, 0.2) is 0 Å². The van der Waals surface area contributed by atoms with E-state index in [2.05, 4.69) is 31.2 Å². The topological polar surface area (TPSA) is 47.0 Å². The third kappa shape index (κ3) is 2.76. The minimum absolute atomic E-state index is 0.367. The van der Waals surface area contributed by atoms with Crippen LogP contribution in [0.3, 0.4) is 0 Å². The van der Waals surface area contributed by atoms with E-state index >= 15 is 0 Å². The Morgan fingerprint density at radius 3 is 2.89 bits per heavy atom. The number of aryl methyl sites for hydroxylation is 1. The second kappa shape index (κ2) is 5.30.